The van der Waals surface area contributed by atoms with Gasteiger partial charge in [0.15, 0.2) is 0 Å². The van der Waals surface area contributed by atoms with E-state index in [2.05, 4.69) is 101 Å². The third kappa shape index (κ3) is 4.31. The molecule has 0 heterocycles. The van der Waals surface area contributed by atoms with Gasteiger partial charge in [-0.25, -0.2) is 0 Å². The predicted molar refractivity (Wildman–Crippen MR) is 162 cm³/mol. The topological polar surface area (TPSA) is 0 Å². The number of rotatable bonds is 4. The highest BCUT2D eigenvalue weighted by Gasteiger charge is 2.60. The monoisotopic (exact) mass is 512 g/mol. The van der Waals surface area contributed by atoms with Crippen LogP contribution in [0.1, 0.15) is 89.2 Å². The zero-order chi connectivity index (χ0) is 25.9. The molecule has 4 saturated carbocycles. The van der Waals surface area contributed by atoms with Crippen LogP contribution in [0.25, 0.3) is 0 Å². The summed E-state index contributed by atoms with van der Waals surface area (Å²) >= 11 is 0. The van der Waals surface area contributed by atoms with Crippen molar-refractivity contribution in [3.8, 4) is 0 Å². The van der Waals surface area contributed by atoms with Crippen molar-refractivity contribution >= 4 is 8.07 Å². The Balaban J connectivity index is 1.30. The first kappa shape index (κ1) is 25.9. The van der Waals surface area contributed by atoms with Crippen LogP contribution in [0.15, 0.2) is 60.7 Å². The molecule has 0 amide bonds. The van der Waals surface area contributed by atoms with Crippen LogP contribution in [0, 0.1) is 47.3 Å². The molecule has 0 bridgehead atoms. The lowest BCUT2D eigenvalue weighted by Crippen LogP contribution is -2.47. The molecule has 4 unspecified atom stereocenters. The van der Waals surface area contributed by atoms with Crippen LogP contribution in [-0.4, -0.2) is 8.07 Å². The highest BCUT2D eigenvalue weighted by atomic mass is 28.3. The molecule has 12 atom stereocenters. The summed E-state index contributed by atoms with van der Waals surface area (Å²) < 4.78 is 0. The highest BCUT2D eigenvalue weighted by molar-refractivity contribution is 6.80. The second-order valence-electron chi connectivity index (χ2n) is 14.9. The first-order chi connectivity index (χ1) is 17.8. The molecule has 4 fully saturated rings. The van der Waals surface area contributed by atoms with E-state index in [0.29, 0.717) is 0 Å². The number of hydrogen-bond acceptors (Lipinski definition) is 0. The van der Waals surface area contributed by atoms with Gasteiger partial charge >= 0.3 is 0 Å². The van der Waals surface area contributed by atoms with Crippen LogP contribution < -0.4 is 0 Å². The Morgan fingerprint density at radius 2 is 0.865 bits per heavy atom. The lowest BCUT2D eigenvalue weighted by Gasteiger charge is -2.50. The molecule has 0 nitrogen and oxygen atoms in total. The van der Waals surface area contributed by atoms with E-state index in [1.807, 2.05) is 0 Å². The molecule has 0 N–H and O–H groups in total. The van der Waals surface area contributed by atoms with Gasteiger partial charge in [0.2, 0.25) is 0 Å². The standard InChI is InChI=1S/C36H52Si/c1-23-17-19-29-31(33(23)27-13-9-7-10-14-27)21-25(3)35(29)37(5,6)36-26(4)22-32-30(36)20-18-24(2)34(32)28-15-11-8-12-16-28/h7-16,23-26,29-36H,17-22H2,1-6H3/t23-,24-,25+,26+,29?,30?,31?,32?,33+,34+,35+,36+/m1/s1. The number of hydrogen-bond donors (Lipinski definition) is 0. The summed E-state index contributed by atoms with van der Waals surface area (Å²) in [5, 5.41) is 0. The number of benzene rings is 2. The van der Waals surface area contributed by atoms with E-state index < -0.39 is 8.07 Å². The Morgan fingerprint density at radius 3 is 1.24 bits per heavy atom. The smallest absolute Gasteiger partial charge is 0.0546 e. The van der Waals surface area contributed by atoms with Crippen LogP contribution in [0.3, 0.4) is 0 Å². The molecule has 200 valence electrons. The Kier molecular flexibility index (Phi) is 7.00. The Labute approximate surface area is 229 Å². The molecular formula is C36H52Si. The molecule has 2 aromatic carbocycles. The van der Waals surface area contributed by atoms with Crippen molar-refractivity contribution in [2.75, 3.05) is 0 Å². The van der Waals surface area contributed by atoms with E-state index in [1.165, 1.54) is 38.5 Å². The Hall–Kier alpha value is -1.34. The van der Waals surface area contributed by atoms with Gasteiger partial charge in [0, 0.05) is 0 Å². The highest BCUT2D eigenvalue weighted by Crippen LogP contribution is 2.68. The lowest BCUT2D eigenvalue weighted by atomic mass is 9.66. The van der Waals surface area contributed by atoms with Gasteiger partial charge in [-0.3, -0.25) is 0 Å². The third-order valence-electron chi connectivity index (χ3n) is 12.7. The fourth-order valence-corrected chi connectivity index (χ4v) is 18.6. The molecule has 37 heavy (non-hydrogen) atoms. The summed E-state index contributed by atoms with van der Waals surface area (Å²) in [6.45, 7) is 16.2. The third-order valence-corrected chi connectivity index (χ3v) is 18.1. The fourth-order valence-electron chi connectivity index (χ4n) is 11.9. The van der Waals surface area contributed by atoms with Crippen LogP contribution >= 0.6 is 0 Å². The van der Waals surface area contributed by atoms with Crippen LogP contribution in [0.4, 0.5) is 0 Å². The lowest BCUT2D eigenvalue weighted by molar-refractivity contribution is 0.171. The Bertz CT molecular complexity index is 959. The minimum Gasteiger partial charge on any atom is -0.0689 e. The first-order valence-electron chi connectivity index (χ1n) is 15.9. The maximum absolute atomic E-state index is 2.88. The minimum absolute atomic E-state index is 0.781. The van der Waals surface area contributed by atoms with Crippen molar-refractivity contribution in [1.82, 2.24) is 0 Å². The van der Waals surface area contributed by atoms with Gasteiger partial charge in [0.1, 0.15) is 0 Å². The molecule has 4 aliphatic carbocycles. The molecule has 0 radical (unpaired) electrons. The van der Waals surface area contributed by atoms with Gasteiger partial charge in [0.25, 0.3) is 0 Å². The summed E-state index contributed by atoms with van der Waals surface area (Å²) in [6, 6.07) is 23.3. The summed E-state index contributed by atoms with van der Waals surface area (Å²) in [7, 11) is -1.48. The largest absolute Gasteiger partial charge is 0.0689 e. The maximum atomic E-state index is 2.88. The second-order valence-corrected chi connectivity index (χ2v) is 19.9. The molecule has 0 aromatic heterocycles. The van der Waals surface area contributed by atoms with Gasteiger partial charge in [0.05, 0.1) is 8.07 Å². The summed E-state index contributed by atoms with van der Waals surface area (Å²) in [5.41, 5.74) is 5.30. The molecule has 1 heteroatoms. The van der Waals surface area contributed by atoms with Gasteiger partial charge in [-0.15, -0.1) is 0 Å². The van der Waals surface area contributed by atoms with Crippen LogP contribution in [-0.2, 0) is 0 Å². The van der Waals surface area contributed by atoms with Crippen molar-refractivity contribution in [2.45, 2.75) is 102 Å². The van der Waals surface area contributed by atoms with Gasteiger partial charge in [-0.1, -0.05) is 101 Å². The average molecular weight is 513 g/mol. The van der Waals surface area contributed by atoms with Gasteiger partial charge in [-0.2, -0.15) is 0 Å². The maximum Gasteiger partial charge on any atom is 0.0546 e. The van der Waals surface area contributed by atoms with E-state index in [-0.39, 0.29) is 0 Å². The normalized spacial score (nSPS) is 43.8. The minimum atomic E-state index is -1.48. The number of fused-ring (bicyclic) bond motifs is 2. The van der Waals surface area contributed by atoms with E-state index in [9.17, 15) is 0 Å². The predicted octanol–water partition coefficient (Wildman–Crippen LogP) is 10.4. The molecule has 4 aliphatic rings. The van der Waals surface area contributed by atoms with E-state index in [0.717, 1.165) is 70.3 Å². The summed E-state index contributed by atoms with van der Waals surface area (Å²) in [6.07, 6.45) is 8.84. The molecular weight excluding hydrogens is 460 g/mol. The van der Waals surface area contributed by atoms with Crippen LogP contribution in [0.5, 0.6) is 0 Å². The SMILES string of the molecule is C[C@@H]1CCC2C(C[C@H](C)[C@@H]2[Si](C)(C)[C@@H]2C3CC[C@@H](C)[C@@H](c4ccccc4)C3C[C@@H]2C)[C@@H]1c1ccccc1. The van der Waals surface area contributed by atoms with Gasteiger partial charge in [-0.05, 0) is 120 Å². The van der Waals surface area contributed by atoms with Crippen molar-refractivity contribution < 1.29 is 0 Å². The quantitative estimate of drug-likeness (QED) is 0.357. The van der Waals surface area contributed by atoms with E-state index in [1.54, 1.807) is 11.1 Å². The van der Waals surface area contributed by atoms with E-state index >= 15 is 0 Å². The summed E-state index contributed by atoms with van der Waals surface area (Å²) in [5.74, 6) is 8.81. The van der Waals surface area contributed by atoms with Crippen molar-refractivity contribution in [3.63, 3.8) is 0 Å². The van der Waals surface area contributed by atoms with Crippen molar-refractivity contribution in [1.29, 1.82) is 0 Å². The molecule has 2 aromatic rings. The van der Waals surface area contributed by atoms with Crippen molar-refractivity contribution in [3.05, 3.63) is 71.8 Å². The summed E-state index contributed by atoms with van der Waals surface area (Å²) in [4.78, 5) is 0. The molecule has 0 saturated heterocycles. The average Bonchev–Trinajstić information content (AvgIpc) is 3.41. The first-order valence-corrected chi connectivity index (χ1v) is 19.0. The van der Waals surface area contributed by atoms with Gasteiger partial charge < -0.3 is 0 Å². The zero-order valence-corrected chi connectivity index (χ0v) is 25.4. The molecule has 0 aliphatic heterocycles. The fraction of sp³-hybridized carbons (Fsp3) is 0.667. The Morgan fingerprint density at radius 1 is 0.486 bits per heavy atom. The van der Waals surface area contributed by atoms with Crippen LogP contribution in [0.2, 0.25) is 24.2 Å². The van der Waals surface area contributed by atoms with Crippen molar-refractivity contribution in [2.24, 2.45) is 47.3 Å². The zero-order valence-electron chi connectivity index (χ0n) is 24.4. The molecule has 0 spiro atoms. The van der Waals surface area contributed by atoms with E-state index in [4.69, 9.17) is 0 Å². The molecule has 6 rings (SSSR count). The second kappa shape index (κ2) is 10.00.